The van der Waals surface area contributed by atoms with Crippen LogP contribution in [0.15, 0.2) is 36.0 Å². The van der Waals surface area contributed by atoms with Gasteiger partial charge in [0.05, 0.1) is 10.7 Å². The van der Waals surface area contributed by atoms with E-state index in [1.165, 1.54) is 6.07 Å². The minimum atomic E-state index is -0.444. The largest absolute Gasteiger partial charge is 0.324 e. The zero-order valence-electron chi connectivity index (χ0n) is 9.88. The number of hydrogen-bond donors (Lipinski definition) is 1. The third-order valence-corrected chi connectivity index (χ3v) is 4.12. The van der Waals surface area contributed by atoms with Crippen LogP contribution in [0.4, 0.5) is 4.39 Å². The van der Waals surface area contributed by atoms with Crippen LogP contribution in [0.3, 0.4) is 0 Å². The lowest BCUT2D eigenvalue weighted by Gasteiger charge is -2.12. The SMILES string of the molecule is NC(Cc1cn2ccsc2n1)c1cccc(F)c1Cl. The number of nitrogens with two attached hydrogens (primary N) is 1. The van der Waals surface area contributed by atoms with Crippen LogP contribution in [-0.2, 0) is 6.42 Å². The number of hydrogen-bond acceptors (Lipinski definition) is 3. The summed E-state index contributed by atoms with van der Waals surface area (Å²) in [5.41, 5.74) is 7.57. The van der Waals surface area contributed by atoms with Crippen molar-refractivity contribution in [1.29, 1.82) is 0 Å². The molecule has 2 N–H and O–H groups in total. The maximum absolute atomic E-state index is 13.4. The third kappa shape index (κ3) is 2.36. The van der Waals surface area contributed by atoms with Crippen molar-refractivity contribution in [2.75, 3.05) is 0 Å². The third-order valence-electron chi connectivity index (χ3n) is 2.95. The van der Waals surface area contributed by atoms with Crippen LogP contribution in [-0.4, -0.2) is 9.38 Å². The first-order chi connectivity index (χ1) is 9.15. The lowest BCUT2D eigenvalue weighted by molar-refractivity contribution is 0.618. The fourth-order valence-corrected chi connectivity index (χ4v) is 3.00. The summed E-state index contributed by atoms with van der Waals surface area (Å²) in [4.78, 5) is 5.38. The molecule has 0 radical (unpaired) electrons. The predicted molar refractivity (Wildman–Crippen MR) is 75.1 cm³/mol. The van der Waals surface area contributed by atoms with Crippen LogP contribution < -0.4 is 5.73 Å². The molecule has 3 aromatic rings. The normalized spacial score (nSPS) is 13.0. The minimum absolute atomic E-state index is 0.0935. The molecule has 0 bridgehead atoms. The van der Waals surface area contributed by atoms with Gasteiger partial charge in [-0.15, -0.1) is 11.3 Å². The Morgan fingerprint density at radius 1 is 1.47 bits per heavy atom. The number of halogens is 2. The highest BCUT2D eigenvalue weighted by molar-refractivity contribution is 7.15. The molecule has 98 valence electrons. The zero-order valence-corrected chi connectivity index (χ0v) is 11.5. The smallest absolute Gasteiger partial charge is 0.193 e. The highest BCUT2D eigenvalue weighted by Gasteiger charge is 2.15. The van der Waals surface area contributed by atoms with Crippen molar-refractivity contribution in [3.05, 3.63) is 58.1 Å². The van der Waals surface area contributed by atoms with Gasteiger partial charge in [-0.25, -0.2) is 9.37 Å². The molecule has 0 spiro atoms. The van der Waals surface area contributed by atoms with Gasteiger partial charge >= 0.3 is 0 Å². The second kappa shape index (κ2) is 4.92. The van der Waals surface area contributed by atoms with Crippen LogP contribution in [0.25, 0.3) is 4.96 Å². The van der Waals surface area contributed by atoms with Crippen molar-refractivity contribution in [3.8, 4) is 0 Å². The molecule has 1 aromatic carbocycles. The molecule has 1 unspecified atom stereocenters. The lowest BCUT2D eigenvalue weighted by atomic mass is 10.0. The summed E-state index contributed by atoms with van der Waals surface area (Å²) in [5, 5.41) is 2.06. The van der Waals surface area contributed by atoms with E-state index in [1.54, 1.807) is 23.5 Å². The molecule has 1 atom stereocenters. The van der Waals surface area contributed by atoms with E-state index < -0.39 is 5.82 Å². The highest BCUT2D eigenvalue weighted by atomic mass is 35.5. The molecule has 0 aliphatic heterocycles. The van der Waals surface area contributed by atoms with Crippen LogP contribution in [0.2, 0.25) is 5.02 Å². The molecule has 0 saturated heterocycles. The summed E-state index contributed by atoms with van der Waals surface area (Å²) in [6, 6.07) is 4.31. The Balaban J connectivity index is 1.86. The van der Waals surface area contributed by atoms with Crippen molar-refractivity contribution in [1.82, 2.24) is 9.38 Å². The molecule has 2 aromatic heterocycles. The van der Waals surface area contributed by atoms with Crippen LogP contribution in [0, 0.1) is 5.82 Å². The fourth-order valence-electron chi connectivity index (χ4n) is 2.02. The Kier molecular flexibility index (Phi) is 3.26. The van der Waals surface area contributed by atoms with Gasteiger partial charge in [-0.05, 0) is 11.6 Å². The summed E-state index contributed by atoms with van der Waals surface area (Å²) in [5.74, 6) is -0.444. The molecule has 19 heavy (non-hydrogen) atoms. The molecule has 0 aliphatic rings. The van der Waals surface area contributed by atoms with Gasteiger partial charge in [-0.2, -0.15) is 0 Å². The zero-order chi connectivity index (χ0) is 13.4. The van der Waals surface area contributed by atoms with E-state index in [-0.39, 0.29) is 11.1 Å². The summed E-state index contributed by atoms with van der Waals surface area (Å²) in [7, 11) is 0. The lowest BCUT2D eigenvalue weighted by Crippen LogP contribution is -2.14. The number of aromatic nitrogens is 2. The maximum Gasteiger partial charge on any atom is 0.193 e. The average Bonchev–Trinajstić information content (AvgIpc) is 2.93. The van der Waals surface area contributed by atoms with Crippen molar-refractivity contribution in [2.45, 2.75) is 12.5 Å². The Bertz CT molecular complexity index is 693. The summed E-state index contributed by atoms with van der Waals surface area (Å²) in [6.45, 7) is 0. The molecule has 0 fully saturated rings. The molecule has 0 aliphatic carbocycles. The molecule has 3 nitrogen and oxygen atoms in total. The average molecular weight is 296 g/mol. The standard InChI is InChI=1S/C13H11ClFN3S/c14-12-9(2-1-3-10(12)15)11(16)6-8-7-18-4-5-19-13(18)17-8/h1-5,7,11H,6,16H2. The van der Waals surface area contributed by atoms with E-state index in [2.05, 4.69) is 4.98 Å². The monoisotopic (exact) mass is 295 g/mol. The number of rotatable bonds is 3. The van der Waals surface area contributed by atoms with Crippen molar-refractivity contribution < 1.29 is 4.39 Å². The molecule has 3 rings (SSSR count). The second-order valence-electron chi connectivity index (χ2n) is 4.28. The number of thiazole rings is 1. The Morgan fingerprint density at radius 2 is 2.32 bits per heavy atom. The molecular weight excluding hydrogens is 285 g/mol. The van der Waals surface area contributed by atoms with Crippen LogP contribution >= 0.6 is 22.9 Å². The number of fused-ring (bicyclic) bond motifs is 1. The van der Waals surface area contributed by atoms with E-state index >= 15 is 0 Å². The summed E-state index contributed by atoms with van der Waals surface area (Å²) < 4.78 is 15.3. The number of nitrogens with zero attached hydrogens (tertiary/aromatic N) is 2. The summed E-state index contributed by atoms with van der Waals surface area (Å²) in [6.07, 6.45) is 4.40. The molecule has 0 saturated carbocycles. The van der Waals surface area contributed by atoms with Gasteiger partial charge in [-0.3, -0.25) is 4.40 Å². The van der Waals surface area contributed by atoms with Crippen molar-refractivity contribution in [2.24, 2.45) is 5.73 Å². The van der Waals surface area contributed by atoms with E-state index in [9.17, 15) is 4.39 Å². The van der Waals surface area contributed by atoms with Crippen LogP contribution in [0.5, 0.6) is 0 Å². The van der Waals surface area contributed by atoms with E-state index in [1.807, 2.05) is 22.2 Å². The first-order valence-corrected chi connectivity index (χ1v) is 7.01. The summed E-state index contributed by atoms with van der Waals surface area (Å²) >= 11 is 7.49. The Morgan fingerprint density at radius 3 is 3.11 bits per heavy atom. The van der Waals surface area contributed by atoms with E-state index in [0.717, 1.165) is 10.7 Å². The number of benzene rings is 1. The quantitative estimate of drug-likeness (QED) is 0.804. The topological polar surface area (TPSA) is 43.3 Å². The first kappa shape index (κ1) is 12.6. The van der Waals surface area contributed by atoms with Gasteiger partial charge in [0, 0.05) is 30.2 Å². The van der Waals surface area contributed by atoms with E-state index in [0.29, 0.717) is 12.0 Å². The molecule has 2 heterocycles. The van der Waals surface area contributed by atoms with Gasteiger partial charge in [0.1, 0.15) is 5.82 Å². The highest BCUT2D eigenvalue weighted by Crippen LogP contribution is 2.26. The predicted octanol–water partition coefficient (Wildman–Crippen LogP) is 3.43. The van der Waals surface area contributed by atoms with E-state index in [4.69, 9.17) is 17.3 Å². The van der Waals surface area contributed by atoms with Gasteiger partial charge in [0.25, 0.3) is 0 Å². The van der Waals surface area contributed by atoms with Crippen molar-refractivity contribution >= 4 is 27.9 Å². The van der Waals surface area contributed by atoms with Gasteiger partial charge in [-0.1, -0.05) is 23.7 Å². The molecular formula is C13H11ClFN3S. The molecule has 6 heteroatoms. The first-order valence-electron chi connectivity index (χ1n) is 5.75. The van der Waals surface area contributed by atoms with Gasteiger partial charge < -0.3 is 5.73 Å². The maximum atomic E-state index is 13.4. The van der Waals surface area contributed by atoms with Gasteiger partial charge in [0.2, 0.25) is 0 Å². The fraction of sp³-hybridized carbons (Fsp3) is 0.154. The second-order valence-corrected chi connectivity index (χ2v) is 5.53. The van der Waals surface area contributed by atoms with Crippen LogP contribution in [0.1, 0.15) is 17.3 Å². The Hall–Kier alpha value is -1.43. The molecule has 0 amide bonds. The van der Waals surface area contributed by atoms with Crippen molar-refractivity contribution in [3.63, 3.8) is 0 Å². The van der Waals surface area contributed by atoms with Gasteiger partial charge in [0.15, 0.2) is 4.96 Å². The number of imidazole rings is 1. The minimum Gasteiger partial charge on any atom is -0.324 e. The Labute approximate surface area is 118 Å².